The molecule has 0 spiro atoms. The normalized spacial score (nSPS) is 12.4. The van der Waals surface area contributed by atoms with Crippen LogP contribution in [0.5, 0.6) is 0 Å². The molecule has 0 saturated heterocycles. The van der Waals surface area contributed by atoms with Gasteiger partial charge in [-0.25, -0.2) is 13.2 Å². The molecule has 0 aromatic heterocycles. The maximum absolute atomic E-state index is 12.6. The number of sulfonamides is 1. The Kier molecular flexibility index (Phi) is 7.53. The maximum Gasteiger partial charge on any atom is 0.337 e. The molecule has 0 radical (unpaired) electrons. The summed E-state index contributed by atoms with van der Waals surface area (Å²) in [5.41, 5.74) is 1.55. The summed E-state index contributed by atoms with van der Waals surface area (Å²) in [5.74, 6) is -0.765. The summed E-state index contributed by atoms with van der Waals surface area (Å²) in [6.07, 6.45) is 0. The van der Waals surface area contributed by atoms with Gasteiger partial charge < -0.3 is 10.1 Å². The van der Waals surface area contributed by atoms with Crippen molar-refractivity contribution in [2.24, 2.45) is 0 Å². The molecular formula is C21H26N2O5S. The molecule has 0 saturated carbocycles. The maximum atomic E-state index is 12.6. The molecular weight excluding hydrogens is 392 g/mol. The van der Waals surface area contributed by atoms with Crippen molar-refractivity contribution in [3.63, 3.8) is 0 Å². The zero-order valence-corrected chi connectivity index (χ0v) is 17.8. The van der Waals surface area contributed by atoms with Crippen molar-refractivity contribution in [1.82, 2.24) is 9.62 Å². The lowest BCUT2D eigenvalue weighted by Gasteiger charge is -2.19. The third-order valence-electron chi connectivity index (χ3n) is 4.64. The van der Waals surface area contributed by atoms with E-state index in [9.17, 15) is 18.0 Å². The number of nitrogens with one attached hydrogen (secondary N) is 1. The minimum absolute atomic E-state index is 0.224. The van der Waals surface area contributed by atoms with Crippen LogP contribution in [0.3, 0.4) is 0 Å². The number of amides is 1. The number of esters is 1. The molecule has 29 heavy (non-hydrogen) atoms. The van der Waals surface area contributed by atoms with Crippen molar-refractivity contribution in [3.8, 4) is 0 Å². The molecule has 0 heterocycles. The Bertz CT molecular complexity index is 950. The van der Waals surface area contributed by atoms with E-state index in [0.29, 0.717) is 24.2 Å². The van der Waals surface area contributed by atoms with Crippen molar-refractivity contribution in [2.75, 3.05) is 20.2 Å². The van der Waals surface area contributed by atoms with Crippen molar-refractivity contribution in [2.45, 2.75) is 31.7 Å². The smallest absolute Gasteiger partial charge is 0.337 e. The number of ether oxygens (including phenoxy) is 1. The fourth-order valence-corrected chi connectivity index (χ4v) is 4.34. The van der Waals surface area contributed by atoms with Gasteiger partial charge in [-0.3, -0.25) is 4.79 Å². The van der Waals surface area contributed by atoms with Gasteiger partial charge in [0.25, 0.3) is 5.91 Å². The molecule has 1 amide bonds. The average Bonchev–Trinajstić information content (AvgIpc) is 2.74. The van der Waals surface area contributed by atoms with Gasteiger partial charge in [-0.15, -0.1) is 0 Å². The number of hydrogen-bond acceptors (Lipinski definition) is 5. The van der Waals surface area contributed by atoms with Gasteiger partial charge in [-0.05, 0) is 48.9 Å². The first-order valence-corrected chi connectivity index (χ1v) is 10.8. The summed E-state index contributed by atoms with van der Waals surface area (Å²) in [6, 6.07) is 12.3. The van der Waals surface area contributed by atoms with E-state index in [1.165, 1.54) is 23.5 Å². The van der Waals surface area contributed by atoms with Gasteiger partial charge in [0.1, 0.15) is 0 Å². The molecule has 0 unspecified atom stereocenters. The summed E-state index contributed by atoms with van der Waals surface area (Å²) in [4.78, 5) is 24.1. The molecule has 1 N–H and O–H groups in total. The van der Waals surface area contributed by atoms with Crippen LogP contribution >= 0.6 is 0 Å². The minimum Gasteiger partial charge on any atom is -0.465 e. The van der Waals surface area contributed by atoms with Crippen LogP contribution in [0.4, 0.5) is 0 Å². The lowest BCUT2D eigenvalue weighted by molar-refractivity contribution is 0.0600. The lowest BCUT2D eigenvalue weighted by atomic mass is 10.1. The Balaban J connectivity index is 2.10. The van der Waals surface area contributed by atoms with E-state index in [4.69, 9.17) is 0 Å². The zero-order chi connectivity index (χ0) is 21.6. The Hall–Kier alpha value is -2.71. The molecule has 0 aliphatic carbocycles. The van der Waals surface area contributed by atoms with Crippen LogP contribution < -0.4 is 5.32 Å². The number of methoxy groups -OCH3 is 1. The first-order chi connectivity index (χ1) is 13.7. The second-order valence-electron chi connectivity index (χ2n) is 6.42. The number of rotatable bonds is 8. The molecule has 8 heteroatoms. The summed E-state index contributed by atoms with van der Waals surface area (Å²) in [5, 5.41) is 2.86. The van der Waals surface area contributed by atoms with Crippen LogP contribution in [-0.2, 0) is 14.8 Å². The second-order valence-corrected chi connectivity index (χ2v) is 8.36. The molecule has 2 aromatic rings. The van der Waals surface area contributed by atoms with E-state index >= 15 is 0 Å². The fourth-order valence-electron chi connectivity index (χ4n) is 2.88. The first-order valence-electron chi connectivity index (χ1n) is 9.33. The monoisotopic (exact) mass is 418 g/mol. The van der Waals surface area contributed by atoms with E-state index in [-0.39, 0.29) is 16.8 Å². The van der Waals surface area contributed by atoms with E-state index in [2.05, 4.69) is 10.1 Å². The van der Waals surface area contributed by atoms with Gasteiger partial charge >= 0.3 is 5.97 Å². The molecule has 156 valence electrons. The van der Waals surface area contributed by atoms with Crippen LogP contribution in [-0.4, -0.2) is 44.8 Å². The number of hydrogen-bond donors (Lipinski definition) is 1. The number of benzene rings is 2. The van der Waals surface area contributed by atoms with Crippen molar-refractivity contribution < 1.29 is 22.7 Å². The predicted molar refractivity (Wildman–Crippen MR) is 110 cm³/mol. The fraction of sp³-hybridized carbons (Fsp3) is 0.333. The molecule has 0 bridgehead atoms. The topological polar surface area (TPSA) is 92.8 Å². The van der Waals surface area contributed by atoms with Crippen molar-refractivity contribution in [3.05, 3.63) is 65.2 Å². The van der Waals surface area contributed by atoms with Gasteiger partial charge in [-0.2, -0.15) is 4.31 Å². The van der Waals surface area contributed by atoms with Crippen LogP contribution in [0.25, 0.3) is 0 Å². The highest BCUT2D eigenvalue weighted by Crippen LogP contribution is 2.20. The van der Waals surface area contributed by atoms with Gasteiger partial charge in [0, 0.05) is 18.7 Å². The van der Waals surface area contributed by atoms with Crippen molar-refractivity contribution in [1.29, 1.82) is 0 Å². The highest BCUT2D eigenvalue weighted by Gasteiger charge is 2.21. The molecule has 1 atom stereocenters. The lowest BCUT2D eigenvalue weighted by Crippen LogP contribution is -2.30. The highest BCUT2D eigenvalue weighted by molar-refractivity contribution is 7.89. The largest absolute Gasteiger partial charge is 0.465 e. The number of carbonyl (C=O) groups is 2. The van der Waals surface area contributed by atoms with Crippen LogP contribution in [0.15, 0.2) is 53.4 Å². The van der Waals surface area contributed by atoms with E-state index < -0.39 is 16.0 Å². The molecule has 0 fully saturated rings. The summed E-state index contributed by atoms with van der Waals surface area (Å²) < 4.78 is 31.1. The van der Waals surface area contributed by atoms with E-state index in [1.807, 2.05) is 6.92 Å². The summed E-state index contributed by atoms with van der Waals surface area (Å²) in [7, 11) is -2.22. The zero-order valence-electron chi connectivity index (χ0n) is 17.0. The Morgan fingerprint density at radius 2 is 1.48 bits per heavy atom. The molecule has 2 rings (SSSR count). The Labute approximate surface area is 171 Å². The van der Waals surface area contributed by atoms with E-state index in [1.54, 1.807) is 50.2 Å². The van der Waals surface area contributed by atoms with Gasteiger partial charge in [0.2, 0.25) is 10.0 Å². The quantitative estimate of drug-likeness (QED) is 0.665. The van der Waals surface area contributed by atoms with Gasteiger partial charge in [0.05, 0.1) is 23.6 Å². The number of carbonyl (C=O) groups excluding carboxylic acids is 2. The predicted octanol–water partition coefficient (Wildman–Crippen LogP) is 2.99. The molecule has 0 aliphatic heterocycles. The standard InChI is InChI=1S/C21H26N2O5S/c1-5-23(6-2)29(26,27)19-13-11-16(12-14-19)15(3)22-20(24)17-7-9-18(10-8-17)21(25)28-4/h7-15H,5-6H2,1-4H3,(H,22,24)/t15-/m0/s1. The van der Waals surface area contributed by atoms with E-state index in [0.717, 1.165) is 5.56 Å². The third kappa shape index (κ3) is 5.21. The highest BCUT2D eigenvalue weighted by atomic mass is 32.2. The van der Waals surface area contributed by atoms with Crippen LogP contribution in [0, 0.1) is 0 Å². The molecule has 7 nitrogen and oxygen atoms in total. The van der Waals surface area contributed by atoms with Crippen LogP contribution in [0.1, 0.15) is 53.1 Å². The van der Waals surface area contributed by atoms with Gasteiger partial charge in [-0.1, -0.05) is 26.0 Å². The SMILES string of the molecule is CCN(CC)S(=O)(=O)c1ccc([C@H](C)NC(=O)c2ccc(C(=O)OC)cc2)cc1. The molecule has 2 aromatic carbocycles. The van der Waals surface area contributed by atoms with Gasteiger partial charge in [0.15, 0.2) is 0 Å². The summed E-state index contributed by atoms with van der Waals surface area (Å²) in [6.45, 7) is 6.22. The van der Waals surface area contributed by atoms with Crippen LogP contribution in [0.2, 0.25) is 0 Å². The number of nitrogens with zero attached hydrogens (tertiary/aromatic N) is 1. The van der Waals surface area contributed by atoms with Crippen molar-refractivity contribution >= 4 is 21.9 Å². The average molecular weight is 419 g/mol. The minimum atomic E-state index is -3.51. The molecule has 0 aliphatic rings. The second kappa shape index (κ2) is 9.67. The Morgan fingerprint density at radius 1 is 0.966 bits per heavy atom. The first kappa shape index (κ1) is 22.6. The summed E-state index contributed by atoms with van der Waals surface area (Å²) >= 11 is 0. The Morgan fingerprint density at radius 3 is 1.97 bits per heavy atom. The third-order valence-corrected chi connectivity index (χ3v) is 6.70.